The molecule has 0 fully saturated rings. The molecule has 0 aromatic heterocycles. The van der Waals surface area contributed by atoms with E-state index >= 15 is 0 Å². The van der Waals surface area contributed by atoms with Crippen molar-refractivity contribution in [1.82, 2.24) is 0 Å². The van der Waals surface area contributed by atoms with Gasteiger partial charge in [-0.25, -0.2) is 0 Å². The van der Waals surface area contributed by atoms with Crippen molar-refractivity contribution in [3.05, 3.63) is 0 Å². The van der Waals surface area contributed by atoms with E-state index in [0.717, 1.165) is 0 Å². The fraction of sp³-hybridized carbons (Fsp3) is 1.00. The first-order valence-electron chi connectivity index (χ1n) is 18.0. The summed E-state index contributed by atoms with van der Waals surface area (Å²) >= 11 is 0. The number of nitrogens with two attached hydrogens (primary N) is 5. The number of aliphatic hydroxyl groups is 5. The summed E-state index contributed by atoms with van der Waals surface area (Å²) in [5, 5.41) is 29.6. The Labute approximate surface area is 993 Å². The molecule has 0 aromatic rings. The molecule has 0 rings (SSSR count). The predicted molar refractivity (Wildman–Crippen MR) is 259 cm³/mol. The van der Waals surface area contributed by atoms with Crippen LogP contribution in [0.2, 0.25) is 0 Å². The molecule has 0 saturated carbocycles. The van der Waals surface area contributed by atoms with Crippen LogP contribution in [0.5, 0.6) is 0 Å². The standard InChI is InChI=1S/5C4H13NO7P2.20Na.20H/c5*5-3-1-2-4(6,13(7,8)9)14(10,11)12;;;;;;;;;;;;;;;;;;;;;;;;;;;;;;;;;;;;;;;;/h5*6H,1-3,5H2,(H2,7,8,9)(H2,10,11,12);;;;;;;;;;;;;;;;;;;;;;;;;;;;;;;;;;;;;;;;/q;;;;;20*+1;20*-1. The Hall–Kier alpha value is 21.1. The minimum absolute atomic E-state index is 0. The third-order valence-electron chi connectivity index (χ3n) is 8.25. The van der Waals surface area contributed by atoms with E-state index in [2.05, 4.69) is 0 Å². The van der Waals surface area contributed by atoms with Gasteiger partial charge in [-0.15, -0.1) is 0 Å². The van der Waals surface area contributed by atoms with Gasteiger partial charge in [0.05, 0.1) is 0 Å². The van der Waals surface area contributed by atoms with Crippen LogP contribution in [0.15, 0.2) is 0 Å². The Kier molecular flexibility index (Phi) is 166. The number of rotatable bonds is 25. The predicted octanol–water partition coefficient (Wildman–Crippen LogP) is -64.0. The van der Waals surface area contributed by atoms with Gasteiger partial charge in [-0.05, 0) is 64.8 Å². The van der Waals surface area contributed by atoms with E-state index in [4.69, 9.17) is 127 Å². The maximum absolute atomic E-state index is 10.7. The van der Waals surface area contributed by atoms with Crippen LogP contribution < -0.4 is 620 Å². The van der Waals surface area contributed by atoms with Crippen LogP contribution >= 0.6 is 76.0 Å². The Morgan fingerprint density at radius 2 is 0.244 bits per heavy atom. The Balaban J connectivity index is -0.0000000102. The molecule has 0 atom stereocenters. The van der Waals surface area contributed by atoms with Gasteiger partial charge in [-0.2, -0.15) is 0 Å². The minimum atomic E-state index is -5.30. The average molecular weight is 1730 g/mol. The van der Waals surface area contributed by atoms with Gasteiger partial charge < -0.3 is 181 Å². The van der Waals surface area contributed by atoms with Gasteiger partial charge in [0.2, 0.25) is 0 Å². The summed E-state index contributed by atoms with van der Waals surface area (Å²) in [4.78, 5) is 173. The topological polar surface area (TPSA) is 807 Å². The number of hydrogen-bond acceptors (Lipinski definition) is 20. The van der Waals surface area contributed by atoms with Gasteiger partial charge in [0.1, 0.15) is 0 Å². The molecular weight excluding hydrogens is 1640 g/mol. The minimum Gasteiger partial charge on any atom is -1.00 e. The first-order valence-corrected chi connectivity index (χ1v) is 34.1. The van der Waals surface area contributed by atoms with Gasteiger partial charge in [-0.1, -0.05) is 0 Å². The molecule has 0 heterocycles. The van der Waals surface area contributed by atoms with Crippen LogP contribution in [0.1, 0.15) is 92.7 Å². The molecule has 0 saturated heterocycles. The summed E-state index contributed by atoms with van der Waals surface area (Å²) in [7, 11) is -53.0. The molecule has 0 radical (unpaired) electrons. The van der Waals surface area contributed by atoms with Crippen molar-refractivity contribution in [2.45, 2.75) is 89.6 Å². The van der Waals surface area contributed by atoms with Crippen molar-refractivity contribution in [1.29, 1.82) is 0 Å². The van der Waals surface area contributed by atoms with Crippen molar-refractivity contribution in [2.24, 2.45) is 28.7 Å². The monoisotopic (exact) mass is 1730 g/mol. The van der Waals surface area contributed by atoms with E-state index in [1.54, 1.807) is 0 Å². The van der Waals surface area contributed by atoms with Crippen molar-refractivity contribution in [3.63, 3.8) is 0 Å². The normalized spacial score (nSPS) is 11.2. The molecule has 40 nitrogen and oxygen atoms in total. The average Bonchev–Trinajstić information content (AvgIpc) is 3.12. The Morgan fingerprint density at radius 1 is 0.189 bits per heavy atom. The van der Waals surface area contributed by atoms with Gasteiger partial charge in [0.15, 0.2) is 0 Å². The second kappa shape index (κ2) is 82.4. The molecule has 0 spiro atoms. The SMILES string of the molecule is NCCCC(O)(P(=O)(O)O)P(=O)(O)O.NCCCC(O)(P(=O)(O)O)P(=O)(O)O.NCCCC(O)(P(=O)(O)O)P(=O)(O)O.NCCCC(O)(P(=O)(O)O)P(=O)(O)O.NCCCC(O)(P(=O)(O)O)P(=O)(O)O.[H-].[H-].[H-].[H-].[H-].[H-].[H-].[H-].[H-].[H-].[H-].[H-].[H-].[H-].[H-].[H-].[H-].[H-].[H-].[H-].[Na+].[Na+].[Na+].[Na+].[Na+].[Na+].[Na+].[Na+].[Na+].[Na+].[Na+].[Na+].[Na+].[Na+].[Na+].[Na+].[Na+].[Na+].[Na+].[Na+]. The molecule has 0 aromatic carbocycles. The van der Waals surface area contributed by atoms with Crippen molar-refractivity contribution in [2.75, 3.05) is 32.7 Å². The van der Waals surface area contributed by atoms with Crippen LogP contribution in [0, 0.1) is 0 Å². The molecule has 0 aliphatic carbocycles. The molecular formula is C20H85N5Na20O35P10. The van der Waals surface area contributed by atoms with Gasteiger partial charge in [-0.3, -0.25) is 45.7 Å². The molecule has 0 bridgehead atoms. The van der Waals surface area contributed by atoms with Crippen LogP contribution in [-0.2, 0) is 45.7 Å². The van der Waals surface area contributed by atoms with Crippen LogP contribution in [0.4, 0.5) is 0 Å². The first-order chi connectivity index (χ1) is 30.3. The van der Waals surface area contributed by atoms with E-state index < -0.39 is 133 Å². The van der Waals surface area contributed by atoms with E-state index in [-0.39, 0.29) is 685 Å². The second-order valence-electron chi connectivity index (χ2n) is 13.8. The third kappa shape index (κ3) is 68.8. The number of hydrogen-bond donors (Lipinski definition) is 30. The maximum atomic E-state index is 10.7. The largest absolute Gasteiger partial charge is 1.00 e. The van der Waals surface area contributed by atoms with Gasteiger partial charge in [0, 0.05) is 32.1 Å². The smallest absolute Gasteiger partial charge is 1.00 e. The summed E-state index contributed by atoms with van der Waals surface area (Å²) in [6.45, 7) is -0.197. The third-order valence-corrected chi connectivity index (χ3v) is 27.6. The van der Waals surface area contributed by atoms with E-state index in [1.165, 1.54) is 0 Å². The molecule has 70 heteroatoms. The van der Waals surface area contributed by atoms with E-state index in [0.29, 0.717) is 0 Å². The zero-order chi connectivity index (χ0) is 58.1. The van der Waals surface area contributed by atoms with Crippen LogP contribution in [-0.4, -0.2) is 182 Å². The zero-order valence-corrected chi connectivity index (χ0v) is 105. The van der Waals surface area contributed by atoms with Gasteiger partial charge >= 0.3 is 667 Å². The summed E-state index contributed by atoms with van der Waals surface area (Å²) < 4.78 is 107. The van der Waals surface area contributed by atoms with Crippen molar-refractivity contribution >= 4 is 76.0 Å². The van der Waals surface area contributed by atoms with E-state index in [9.17, 15) is 71.2 Å². The zero-order valence-electron chi connectivity index (χ0n) is 75.7. The quantitative estimate of drug-likeness (QED) is 0.0298. The Morgan fingerprint density at radius 3 is 0.278 bits per heavy atom. The van der Waals surface area contributed by atoms with Crippen molar-refractivity contribution < 1.29 is 789 Å². The van der Waals surface area contributed by atoms with E-state index in [1.807, 2.05) is 0 Å². The fourth-order valence-corrected chi connectivity index (χ4v) is 15.3. The first kappa shape index (κ1) is 182. The molecule has 35 N–H and O–H groups in total. The van der Waals surface area contributed by atoms with Crippen LogP contribution in [0.25, 0.3) is 0 Å². The van der Waals surface area contributed by atoms with Crippen molar-refractivity contribution in [3.8, 4) is 0 Å². The molecule has 0 aliphatic rings. The fourth-order valence-electron chi connectivity index (χ4n) is 4.00. The second-order valence-corrected chi connectivity index (χ2v) is 33.8. The summed E-state index contributed by atoms with van der Waals surface area (Å²) in [6.07, 6.45) is -4.28. The van der Waals surface area contributed by atoms with Crippen LogP contribution in [0.3, 0.4) is 0 Å². The summed E-state index contributed by atoms with van der Waals surface area (Å²) in [6, 6.07) is 0. The molecule has 470 valence electrons. The Bertz CT molecular complexity index is 1770. The van der Waals surface area contributed by atoms with Gasteiger partial charge in [0.25, 0.3) is 25.4 Å². The molecule has 0 aliphatic heterocycles. The molecule has 0 amide bonds. The summed E-state index contributed by atoms with van der Waals surface area (Å²) in [5.74, 6) is 0. The maximum Gasteiger partial charge on any atom is 1.00 e. The molecule has 0 unspecified atom stereocenters. The summed E-state index contributed by atoms with van der Waals surface area (Å²) in [5.41, 5.74) is 25.0. The molecule has 90 heavy (non-hydrogen) atoms.